The zero-order valence-electron chi connectivity index (χ0n) is 9.90. The van der Waals surface area contributed by atoms with Crippen LogP contribution in [0.15, 0.2) is 0 Å². The van der Waals surface area contributed by atoms with E-state index < -0.39 is 10.2 Å². The minimum Gasteiger partial charge on any atom is -0.320 e. The molecule has 0 atom stereocenters. The van der Waals surface area contributed by atoms with Crippen molar-refractivity contribution in [1.29, 1.82) is 0 Å². The van der Waals surface area contributed by atoms with Crippen molar-refractivity contribution in [2.45, 2.75) is 19.3 Å². The van der Waals surface area contributed by atoms with E-state index in [1.54, 1.807) is 7.05 Å². The van der Waals surface area contributed by atoms with E-state index in [0.29, 0.717) is 19.0 Å². The van der Waals surface area contributed by atoms with Gasteiger partial charge in [-0.15, -0.1) is 12.4 Å². The highest BCUT2D eigenvalue weighted by atomic mass is 35.5. The summed E-state index contributed by atoms with van der Waals surface area (Å²) in [5.74, 6) is 0.587. The second-order valence-electron chi connectivity index (χ2n) is 4.08. The van der Waals surface area contributed by atoms with Gasteiger partial charge in [-0.25, -0.2) is 4.72 Å². The summed E-state index contributed by atoms with van der Waals surface area (Å²) in [5, 5.41) is 2.98. The first kappa shape index (κ1) is 16.1. The molecule has 5 nitrogen and oxygen atoms in total. The summed E-state index contributed by atoms with van der Waals surface area (Å²) in [7, 11) is 0.252. The Balaban J connectivity index is 0.00000225. The van der Waals surface area contributed by atoms with Crippen molar-refractivity contribution < 1.29 is 8.42 Å². The van der Waals surface area contributed by atoms with Crippen LogP contribution >= 0.6 is 12.4 Å². The van der Waals surface area contributed by atoms with Crippen molar-refractivity contribution in [2.75, 3.05) is 33.7 Å². The largest absolute Gasteiger partial charge is 0.320 e. The molecule has 0 aromatic carbocycles. The van der Waals surface area contributed by atoms with Crippen LogP contribution in [0.1, 0.15) is 19.3 Å². The summed E-state index contributed by atoms with van der Waals surface area (Å²) < 4.78 is 27.3. The Hall–Kier alpha value is 0.120. The molecule has 2 N–H and O–H groups in total. The number of hydrogen-bond acceptors (Lipinski definition) is 3. The van der Waals surface area contributed by atoms with Crippen molar-refractivity contribution in [2.24, 2.45) is 5.92 Å². The second-order valence-corrected chi connectivity index (χ2v) is 5.94. The number of rotatable bonds is 8. The quantitative estimate of drug-likeness (QED) is 0.620. The van der Waals surface area contributed by atoms with Gasteiger partial charge < -0.3 is 5.32 Å². The average Bonchev–Trinajstić information content (AvgIpc) is 2.96. The predicted molar refractivity (Wildman–Crippen MR) is 68.1 cm³/mol. The third-order valence-corrected chi connectivity index (χ3v) is 4.05. The molecule has 98 valence electrons. The first-order valence-corrected chi connectivity index (χ1v) is 6.86. The number of nitrogens with zero attached hydrogens (tertiary/aromatic N) is 1. The molecule has 1 aliphatic carbocycles. The Morgan fingerprint density at radius 3 is 2.44 bits per heavy atom. The third kappa shape index (κ3) is 6.00. The SMILES string of the molecule is CNCCCNS(=O)(=O)N(C)CC1CC1.Cl. The zero-order chi connectivity index (χ0) is 11.3. The molecule has 0 bridgehead atoms. The van der Waals surface area contributed by atoms with Gasteiger partial charge in [0, 0.05) is 20.1 Å². The van der Waals surface area contributed by atoms with Gasteiger partial charge >= 0.3 is 0 Å². The fourth-order valence-corrected chi connectivity index (χ4v) is 2.37. The first-order valence-electron chi connectivity index (χ1n) is 5.42. The van der Waals surface area contributed by atoms with Gasteiger partial charge in [0.1, 0.15) is 0 Å². The van der Waals surface area contributed by atoms with E-state index in [4.69, 9.17) is 0 Å². The minimum atomic E-state index is -3.24. The van der Waals surface area contributed by atoms with Crippen molar-refractivity contribution in [1.82, 2.24) is 14.3 Å². The molecular formula is C9H22ClN3O2S. The first-order chi connectivity index (χ1) is 7.06. The lowest BCUT2D eigenvalue weighted by atomic mass is 10.4. The van der Waals surface area contributed by atoms with Gasteiger partial charge in [0.2, 0.25) is 0 Å². The monoisotopic (exact) mass is 271 g/mol. The number of halogens is 1. The second kappa shape index (κ2) is 7.45. The van der Waals surface area contributed by atoms with Crippen molar-refractivity contribution >= 4 is 22.6 Å². The molecule has 0 spiro atoms. The van der Waals surface area contributed by atoms with Gasteiger partial charge in [-0.3, -0.25) is 0 Å². The lowest BCUT2D eigenvalue weighted by molar-refractivity contribution is 0.442. The molecule has 16 heavy (non-hydrogen) atoms. The molecule has 0 saturated heterocycles. The van der Waals surface area contributed by atoms with Crippen LogP contribution in [0.2, 0.25) is 0 Å². The lowest BCUT2D eigenvalue weighted by Crippen LogP contribution is -2.40. The molecule has 0 unspecified atom stereocenters. The highest BCUT2D eigenvalue weighted by Gasteiger charge is 2.27. The Kier molecular flexibility index (Phi) is 7.50. The normalized spacial score (nSPS) is 16.2. The van der Waals surface area contributed by atoms with Crippen molar-refractivity contribution in [3.8, 4) is 0 Å². The third-order valence-electron chi connectivity index (χ3n) is 2.51. The Labute approximate surface area is 105 Å². The Bertz CT molecular complexity index is 280. The summed E-state index contributed by atoms with van der Waals surface area (Å²) >= 11 is 0. The van der Waals surface area contributed by atoms with E-state index in [1.165, 1.54) is 17.1 Å². The Morgan fingerprint density at radius 1 is 1.31 bits per heavy atom. The zero-order valence-corrected chi connectivity index (χ0v) is 11.5. The summed E-state index contributed by atoms with van der Waals surface area (Å²) in [4.78, 5) is 0. The maximum atomic E-state index is 11.7. The van der Waals surface area contributed by atoms with Gasteiger partial charge in [-0.05, 0) is 38.8 Å². The topological polar surface area (TPSA) is 61.4 Å². The van der Waals surface area contributed by atoms with Gasteiger partial charge in [0.15, 0.2) is 0 Å². The summed E-state index contributed by atoms with van der Waals surface area (Å²) in [6.45, 7) is 1.98. The molecule has 0 aromatic rings. The highest BCUT2D eigenvalue weighted by Crippen LogP contribution is 2.29. The van der Waals surface area contributed by atoms with Crippen LogP contribution in [-0.4, -0.2) is 46.5 Å². The summed E-state index contributed by atoms with van der Waals surface area (Å²) in [6.07, 6.45) is 3.15. The van der Waals surface area contributed by atoms with Gasteiger partial charge in [-0.2, -0.15) is 12.7 Å². The average molecular weight is 272 g/mol. The number of hydrogen-bond donors (Lipinski definition) is 2. The van der Waals surface area contributed by atoms with Crippen LogP contribution < -0.4 is 10.0 Å². The molecular weight excluding hydrogens is 250 g/mol. The minimum absolute atomic E-state index is 0. The molecule has 0 aliphatic heterocycles. The van der Waals surface area contributed by atoms with Crippen molar-refractivity contribution in [3.05, 3.63) is 0 Å². The molecule has 1 aliphatic rings. The smallest absolute Gasteiger partial charge is 0.279 e. The van der Waals surface area contributed by atoms with E-state index in [-0.39, 0.29) is 12.4 Å². The molecule has 1 rings (SSSR count). The Morgan fingerprint density at radius 2 is 1.94 bits per heavy atom. The van der Waals surface area contributed by atoms with Crippen LogP contribution in [0, 0.1) is 5.92 Å². The molecule has 7 heteroatoms. The van der Waals surface area contributed by atoms with Crippen LogP contribution in [0.4, 0.5) is 0 Å². The van der Waals surface area contributed by atoms with E-state index >= 15 is 0 Å². The van der Waals surface area contributed by atoms with Gasteiger partial charge in [-0.1, -0.05) is 0 Å². The van der Waals surface area contributed by atoms with E-state index in [2.05, 4.69) is 10.0 Å². The summed E-state index contributed by atoms with van der Waals surface area (Å²) in [6, 6.07) is 0. The van der Waals surface area contributed by atoms with Crippen LogP contribution in [0.25, 0.3) is 0 Å². The van der Waals surface area contributed by atoms with Gasteiger partial charge in [0.05, 0.1) is 0 Å². The fourth-order valence-electron chi connectivity index (χ4n) is 1.34. The summed E-state index contributed by atoms with van der Waals surface area (Å²) in [5.41, 5.74) is 0. The van der Waals surface area contributed by atoms with Gasteiger partial charge in [0.25, 0.3) is 10.2 Å². The van der Waals surface area contributed by atoms with Crippen LogP contribution in [0.3, 0.4) is 0 Å². The fraction of sp³-hybridized carbons (Fsp3) is 1.00. The standard InChI is InChI=1S/C9H21N3O2S.ClH/c1-10-6-3-7-11-15(13,14)12(2)8-9-4-5-9;/h9-11H,3-8H2,1-2H3;1H. The molecule has 0 aromatic heterocycles. The molecule has 0 amide bonds. The van der Waals surface area contributed by atoms with Crippen LogP contribution in [0.5, 0.6) is 0 Å². The maximum absolute atomic E-state index is 11.7. The van der Waals surface area contributed by atoms with E-state index in [0.717, 1.165) is 13.0 Å². The molecule has 0 heterocycles. The van der Waals surface area contributed by atoms with E-state index in [1.807, 2.05) is 7.05 Å². The van der Waals surface area contributed by atoms with Crippen molar-refractivity contribution in [3.63, 3.8) is 0 Å². The van der Waals surface area contributed by atoms with Crippen LogP contribution in [-0.2, 0) is 10.2 Å². The predicted octanol–water partition coefficient (Wildman–Crippen LogP) is 0.194. The maximum Gasteiger partial charge on any atom is 0.279 e. The van der Waals surface area contributed by atoms with E-state index in [9.17, 15) is 8.42 Å². The molecule has 1 saturated carbocycles. The molecule has 0 radical (unpaired) electrons. The highest BCUT2D eigenvalue weighted by molar-refractivity contribution is 7.87. The molecule has 1 fully saturated rings. The lowest BCUT2D eigenvalue weighted by Gasteiger charge is -2.17. The number of nitrogens with one attached hydrogen (secondary N) is 2.